The molecule has 156 valence electrons. The third-order valence-electron chi connectivity index (χ3n) is 8.11. The first-order valence-electron chi connectivity index (χ1n) is 10.9. The number of carbonyl (C=O) groups excluding carboxylic acids is 1. The molecule has 5 nitrogen and oxygen atoms in total. The van der Waals surface area contributed by atoms with Crippen molar-refractivity contribution in [2.45, 2.75) is 43.5 Å². The summed E-state index contributed by atoms with van der Waals surface area (Å²) >= 11 is 0. The molecule has 7 rings (SSSR count). The highest BCUT2D eigenvalue weighted by Crippen LogP contribution is 2.69. The van der Waals surface area contributed by atoms with E-state index in [2.05, 4.69) is 0 Å². The van der Waals surface area contributed by atoms with Gasteiger partial charge in [0, 0.05) is 18.2 Å². The Kier molecular flexibility index (Phi) is 3.95. The van der Waals surface area contributed by atoms with E-state index in [1.807, 2.05) is 24.3 Å². The minimum atomic E-state index is -1.04. The number of phenolic OH excluding ortho intramolecular Hbond substituents is 1. The maximum Gasteiger partial charge on any atom is 0.260 e. The van der Waals surface area contributed by atoms with Crippen LogP contribution < -0.4 is 0 Å². The fraction of sp³-hybridized carbons (Fsp3) is 0.480. The normalized spacial score (nSPS) is 38.6. The number of ketones is 1. The minimum absolute atomic E-state index is 0.0627. The molecule has 1 atom stereocenters. The van der Waals surface area contributed by atoms with Crippen molar-refractivity contribution in [3.05, 3.63) is 65.2 Å². The summed E-state index contributed by atoms with van der Waals surface area (Å²) in [5, 5.41) is 10.8. The molecule has 1 unspecified atom stereocenters. The van der Waals surface area contributed by atoms with Crippen LogP contribution in [-0.4, -0.2) is 23.6 Å². The predicted molar refractivity (Wildman–Crippen MR) is 109 cm³/mol. The van der Waals surface area contributed by atoms with Crippen LogP contribution in [0.5, 0.6) is 5.75 Å². The summed E-state index contributed by atoms with van der Waals surface area (Å²) < 4.78 is 6.04. The van der Waals surface area contributed by atoms with Crippen molar-refractivity contribution >= 4 is 5.78 Å². The average molecular weight is 406 g/mol. The van der Waals surface area contributed by atoms with E-state index in [1.165, 1.54) is 6.42 Å². The Bertz CT molecular complexity index is 968. The Hall–Kier alpha value is -2.21. The topological polar surface area (TPSA) is 65.0 Å². The molecule has 1 saturated heterocycles. The van der Waals surface area contributed by atoms with Crippen molar-refractivity contribution < 1.29 is 24.4 Å². The van der Waals surface area contributed by atoms with Gasteiger partial charge < -0.3 is 9.84 Å². The lowest BCUT2D eigenvalue weighted by atomic mass is 9.47. The van der Waals surface area contributed by atoms with Gasteiger partial charge in [-0.15, -0.1) is 0 Å². The van der Waals surface area contributed by atoms with Crippen LogP contribution in [-0.2, 0) is 20.3 Å². The standard InChI is InChI=1S/C25H26O5/c1-28-25(24(29-30-25)19-10-15-9-16(12-19)13-20(24)11-15)18-7-8-21(22(26)14-18)23(27)17-5-3-2-4-6-17/h2-8,14-16,19-20,26H,9-13H2,1H3. The van der Waals surface area contributed by atoms with Crippen LogP contribution in [0.15, 0.2) is 48.5 Å². The van der Waals surface area contributed by atoms with Crippen LogP contribution in [0.2, 0.25) is 0 Å². The van der Waals surface area contributed by atoms with E-state index >= 15 is 0 Å². The molecule has 1 spiro atoms. The predicted octanol–water partition coefficient (Wildman–Crippen LogP) is 4.58. The fourth-order valence-electron chi connectivity index (χ4n) is 7.03. The number of methoxy groups -OCH3 is 1. The minimum Gasteiger partial charge on any atom is -0.507 e. The monoisotopic (exact) mass is 406 g/mol. The molecule has 5 aliphatic rings. The Balaban J connectivity index is 1.38. The van der Waals surface area contributed by atoms with Crippen molar-refractivity contribution in [3.63, 3.8) is 0 Å². The summed E-state index contributed by atoms with van der Waals surface area (Å²) in [5.41, 5.74) is 1.02. The van der Waals surface area contributed by atoms with Crippen LogP contribution in [0.25, 0.3) is 0 Å². The summed E-state index contributed by atoms with van der Waals surface area (Å²) in [5.74, 6) is 1.06. The quantitative estimate of drug-likeness (QED) is 0.595. The molecule has 5 fully saturated rings. The fourth-order valence-corrected chi connectivity index (χ4v) is 7.03. The number of phenols is 1. The molecular formula is C25H26O5. The van der Waals surface area contributed by atoms with Crippen molar-refractivity contribution in [1.29, 1.82) is 0 Å². The zero-order valence-electron chi connectivity index (χ0n) is 17.0. The highest BCUT2D eigenvalue weighted by Gasteiger charge is 2.76. The number of benzene rings is 2. The SMILES string of the molecule is COC1(c2ccc(C(=O)c3ccccc3)c(O)c2)OOC12C1CC3CC(C1)CC2C3. The lowest BCUT2D eigenvalue weighted by molar-refractivity contribution is -0.645. The third-order valence-corrected chi connectivity index (χ3v) is 8.11. The van der Waals surface area contributed by atoms with E-state index in [9.17, 15) is 9.90 Å². The maximum atomic E-state index is 12.8. The Morgan fingerprint density at radius 1 is 0.967 bits per heavy atom. The number of hydrogen-bond acceptors (Lipinski definition) is 5. The molecule has 4 aliphatic carbocycles. The molecule has 2 aromatic rings. The Labute approximate surface area is 175 Å². The highest BCUT2D eigenvalue weighted by molar-refractivity contribution is 6.10. The van der Waals surface area contributed by atoms with E-state index < -0.39 is 11.4 Å². The van der Waals surface area contributed by atoms with Crippen molar-refractivity contribution in [1.82, 2.24) is 0 Å². The summed E-state index contributed by atoms with van der Waals surface area (Å²) in [6.45, 7) is 0. The van der Waals surface area contributed by atoms with Gasteiger partial charge in [0.15, 0.2) is 11.4 Å². The second-order valence-electron chi connectivity index (χ2n) is 9.51. The zero-order chi connectivity index (χ0) is 20.5. The molecule has 2 aromatic carbocycles. The average Bonchev–Trinajstić information content (AvgIpc) is 2.73. The van der Waals surface area contributed by atoms with Gasteiger partial charge in [-0.25, -0.2) is 4.89 Å². The van der Waals surface area contributed by atoms with E-state index in [4.69, 9.17) is 14.5 Å². The van der Waals surface area contributed by atoms with Crippen molar-refractivity contribution in [2.75, 3.05) is 7.11 Å². The van der Waals surface area contributed by atoms with E-state index in [1.54, 1.807) is 31.4 Å². The van der Waals surface area contributed by atoms with Crippen molar-refractivity contribution in [2.24, 2.45) is 23.7 Å². The molecule has 1 aliphatic heterocycles. The molecular weight excluding hydrogens is 380 g/mol. The second kappa shape index (κ2) is 6.39. The number of carbonyl (C=O) groups is 1. The summed E-state index contributed by atoms with van der Waals surface area (Å²) in [7, 11) is 1.65. The molecule has 0 aromatic heterocycles. The van der Waals surface area contributed by atoms with Gasteiger partial charge >= 0.3 is 0 Å². The maximum absolute atomic E-state index is 12.8. The van der Waals surface area contributed by atoms with Gasteiger partial charge in [-0.2, -0.15) is 4.89 Å². The lowest BCUT2D eigenvalue weighted by Crippen LogP contribution is -2.76. The summed E-state index contributed by atoms with van der Waals surface area (Å²) in [6, 6.07) is 14.1. The van der Waals surface area contributed by atoms with Gasteiger partial charge in [0.2, 0.25) is 0 Å². The molecule has 1 N–H and O–H groups in total. The number of ether oxygens (including phenoxy) is 1. The number of hydrogen-bond donors (Lipinski definition) is 1. The van der Waals surface area contributed by atoms with Crippen LogP contribution in [0.4, 0.5) is 0 Å². The van der Waals surface area contributed by atoms with Gasteiger partial charge in [-0.3, -0.25) is 4.79 Å². The van der Waals surface area contributed by atoms with Crippen LogP contribution >= 0.6 is 0 Å². The molecule has 4 saturated carbocycles. The number of rotatable bonds is 4. The first-order chi connectivity index (χ1) is 14.6. The van der Waals surface area contributed by atoms with E-state index in [0.717, 1.165) is 37.5 Å². The molecule has 0 radical (unpaired) electrons. The Morgan fingerprint density at radius 2 is 1.63 bits per heavy atom. The van der Waals surface area contributed by atoms with Gasteiger partial charge in [0.05, 0.1) is 5.56 Å². The van der Waals surface area contributed by atoms with Gasteiger partial charge in [-0.05, 0) is 67.9 Å². The van der Waals surface area contributed by atoms with Crippen molar-refractivity contribution in [3.8, 4) is 5.75 Å². The summed E-state index contributed by atoms with van der Waals surface area (Å²) in [4.78, 5) is 24.6. The van der Waals surface area contributed by atoms with Gasteiger partial charge in [0.1, 0.15) is 5.75 Å². The van der Waals surface area contributed by atoms with E-state index in [0.29, 0.717) is 23.0 Å². The zero-order valence-corrected chi connectivity index (χ0v) is 17.0. The molecule has 1 heterocycles. The first-order valence-corrected chi connectivity index (χ1v) is 10.9. The Morgan fingerprint density at radius 3 is 2.17 bits per heavy atom. The number of aromatic hydroxyl groups is 1. The van der Waals surface area contributed by atoms with Crippen LogP contribution in [0, 0.1) is 23.7 Å². The third kappa shape index (κ3) is 2.26. The lowest BCUT2D eigenvalue weighted by Gasteiger charge is -2.68. The van der Waals surface area contributed by atoms with Gasteiger partial charge in [-0.1, -0.05) is 36.4 Å². The molecule has 4 bridgehead atoms. The second-order valence-corrected chi connectivity index (χ2v) is 9.51. The highest BCUT2D eigenvalue weighted by atomic mass is 17.3. The van der Waals surface area contributed by atoms with Crippen LogP contribution in [0.3, 0.4) is 0 Å². The van der Waals surface area contributed by atoms with Crippen LogP contribution in [0.1, 0.15) is 53.6 Å². The molecule has 30 heavy (non-hydrogen) atoms. The largest absolute Gasteiger partial charge is 0.507 e. The van der Waals surface area contributed by atoms with E-state index in [-0.39, 0.29) is 17.1 Å². The smallest absolute Gasteiger partial charge is 0.260 e. The van der Waals surface area contributed by atoms with Gasteiger partial charge in [0.25, 0.3) is 5.79 Å². The first kappa shape index (κ1) is 18.6. The molecule has 0 amide bonds. The molecule has 5 heteroatoms. The summed E-state index contributed by atoms with van der Waals surface area (Å²) in [6.07, 6.45) is 5.95.